The van der Waals surface area contributed by atoms with Crippen LogP contribution in [-0.2, 0) is 9.59 Å². The van der Waals surface area contributed by atoms with Gasteiger partial charge in [-0.15, -0.1) is 11.6 Å². The lowest BCUT2D eigenvalue weighted by Crippen LogP contribution is -2.39. The molecule has 0 aromatic heterocycles. The minimum absolute atomic E-state index is 0.0403. The summed E-state index contributed by atoms with van der Waals surface area (Å²) in [5.41, 5.74) is 3.82. The van der Waals surface area contributed by atoms with E-state index in [1.54, 1.807) is 6.07 Å². The van der Waals surface area contributed by atoms with Gasteiger partial charge in [0.25, 0.3) is 5.69 Å². The first-order valence-electron chi connectivity index (χ1n) is 10.1. The maximum absolute atomic E-state index is 13.2. The Morgan fingerprint density at radius 1 is 1.23 bits per heavy atom. The molecule has 7 nitrogen and oxygen atoms in total. The third kappa shape index (κ3) is 3.81. The number of allylic oxidation sites excluding steroid dienone is 1. The number of hydrogen-bond acceptors (Lipinski definition) is 5. The lowest BCUT2D eigenvalue weighted by atomic mass is 9.81. The van der Waals surface area contributed by atoms with Crippen LogP contribution in [0.3, 0.4) is 0 Å². The zero-order valence-electron chi connectivity index (χ0n) is 17.2. The zero-order chi connectivity index (χ0) is 22.3. The van der Waals surface area contributed by atoms with Gasteiger partial charge in [0.05, 0.1) is 22.3 Å². The Bertz CT molecular complexity index is 1110. The maximum atomic E-state index is 13.2. The minimum atomic E-state index is -0.669. The highest BCUT2D eigenvalue weighted by Gasteiger charge is 2.40. The van der Waals surface area contributed by atoms with Crippen molar-refractivity contribution in [1.82, 2.24) is 0 Å². The molecule has 2 unspecified atom stereocenters. The molecule has 1 amide bonds. The van der Waals surface area contributed by atoms with Crippen LogP contribution in [0, 0.1) is 23.0 Å². The van der Waals surface area contributed by atoms with Crippen molar-refractivity contribution in [3.8, 4) is 0 Å². The SMILES string of the molecule is Cc1ccc(C2C3=C(CC(C)CC3=O)Nc3cc([N+](=O)[O-])ccc3N2C(=O)CCl)cc1. The van der Waals surface area contributed by atoms with Gasteiger partial charge in [-0.3, -0.25) is 24.6 Å². The fourth-order valence-electron chi connectivity index (χ4n) is 4.35. The van der Waals surface area contributed by atoms with Crippen LogP contribution in [0.1, 0.15) is 36.9 Å². The van der Waals surface area contributed by atoms with Crippen LogP contribution in [0.15, 0.2) is 53.7 Å². The summed E-state index contributed by atoms with van der Waals surface area (Å²) in [5.74, 6) is -0.591. The number of carbonyl (C=O) groups is 2. The molecule has 160 valence electrons. The Morgan fingerprint density at radius 2 is 1.94 bits per heavy atom. The van der Waals surface area contributed by atoms with Gasteiger partial charge in [-0.1, -0.05) is 36.8 Å². The second-order valence-electron chi connectivity index (χ2n) is 8.12. The average molecular weight is 440 g/mol. The van der Waals surface area contributed by atoms with Crippen LogP contribution < -0.4 is 10.2 Å². The number of aryl methyl sites for hydroxylation is 1. The minimum Gasteiger partial charge on any atom is -0.357 e. The molecule has 4 rings (SSSR count). The summed E-state index contributed by atoms with van der Waals surface area (Å²) < 4.78 is 0. The van der Waals surface area contributed by atoms with Gasteiger partial charge in [-0.2, -0.15) is 0 Å². The highest BCUT2D eigenvalue weighted by atomic mass is 35.5. The standard InChI is InChI=1S/C23H22ClN3O4/c1-13-3-5-15(6-4-13)23-22-18(9-14(2)10-20(22)28)25-17-11-16(27(30)31)7-8-19(17)26(23)21(29)12-24/h3-8,11,14,23,25H,9-10,12H2,1-2H3. The number of nitrogens with one attached hydrogen (secondary N) is 1. The summed E-state index contributed by atoms with van der Waals surface area (Å²) in [6.45, 7) is 3.96. The first-order chi connectivity index (χ1) is 14.8. The Kier molecular flexibility index (Phi) is 5.54. The molecule has 1 aliphatic heterocycles. The van der Waals surface area contributed by atoms with Crippen molar-refractivity contribution in [2.45, 2.75) is 32.7 Å². The van der Waals surface area contributed by atoms with Crippen molar-refractivity contribution in [2.24, 2.45) is 5.92 Å². The zero-order valence-corrected chi connectivity index (χ0v) is 18.0. The van der Waals surface area contributed by atoms with Crippen molar-refractivity contribution in [1.29, 1.82) is 0 Å². The Balaban J connectivity index is 2.01. The molecule has 31 heavy (non-hydrogen) atoms. The van der Waals surface area contributed by atoms with Crippen LogP contribution in [0.4, 0.5) is 17.1 Å². The van der Waals surface area contributed by atoms with E-state index in [1.807, 2.05) is 38.1 Å². The fourth-order valence-corrected chi connectivity index (χ4v) is 4.48. The fraction of sp³-hybridized carbons (Fsp3) is 0.304. The average Bonchev–Trinajstić information content (AvgIpc) is 2.87. The summed E-state index contributed by atoms with van der Waals surface area (Å²) in [6.07, 6.45) is 0.983. The monoisotopic (exact) mass is 439 g/mol. The number of hydrogen-bond donors (Lipinski definition) is 1. The summed E-state index contributed by atoms with van der Waals surface area (Å²) in [4.78, 5) is 38.7. The Morgan fingerprint density at radius 3 is 2.58 bits per heavy atom. The number of non-ortho nitro benzene ring substituents is 1. The molecule has 0 radical (unpaired) electrons. The first kappa shape index (κ1) is 21.1. The largest absolute Gasteiger partial charge is 0.357 e. The number of ketones is 1. The normalized spacial score (nSPS) is 20.5. The van der Waals surface area contributed by atoms with E-state index in [9.17, 15) is 19.7 Å². The van der Waals surface area contributed by atoms with E-state index in [1.165, 1.54) is 17.0 Å². The van der Waals surface area contributed by atoms with E-state index >= 15 is 0 Å². The summed E-state index contributed by atoms with van der Waals surface area (Å²) in [6, 6.07) is 11.3. The molecule has 0 fully saturated rings. The summed E-state index contributed by atoms with van der Waals surface area (Å²) in [5, 5.41) is 14.6. The molecule has 0 saturated heterocycles. The van der Waals surface area contributed by atoms with E-state index in [2.05, 4.69) is 5.32 Å². The Hall–Kier alpha value is -3.19. The number of amides is 1. The molecule has 1 N–H and O–H groups in total. The van der Waals surface area contributed by atoms with Crippen molar-refractivity contribution in [3.05, 3.63) is 75.0 Å². The van der Waals surface area contributed by atoms with Crippen molar-refractivity contribution in [2.75, 3.05) is 16.1 Å². The van der Waals surface area contributed by atoms with Gasteiger partial charge in [0.2, 0.25) is 5.91 Å². The van der Waals surface area contributed by atoms with Gasteiger partial charge in [-0.25, -0.2) is 0 Å². The van der Waals surface area contributed by atoms with Crippen LogP contribution in [0.5, 0.6) is 0 Å². The number of rotatable bonds is 3. The van der Waals surface area contributed by atoms with E-state index in [-0.39, 0.29) is 29.2 Å². The van der Waals surface area contributed by atoms with Gasteiger partial charge in [-0.05, 0) is 30.9 Å². The molecule has 2 aromatic rings. The van der Waals surface area contributed by atoms with Crippen molar-refractivity contribution < 1.29 is 14.5 Å². The lowest BCUT2D eigenvalue weighted by molar-refractivity contribution is -0.384. The molecule has 8 heteroatoms. The molecule has 1 heterocycles. The van der Waals surface area contributed by atoms with Crippen molar-refractivity contribution in [3.63, 3.8) is 0 Å². The van der Waals surface area contributed by atoms with Crippen LogP contribution in [0.2, 0.25) is 0 Å². The molecule has 2 aromatic carbocycles. The van der Waals surface area contributed by atoms with Gasteiger partial charge in [0.15, 0.2) is 5.78 Å². The number of benzene rings is 2. The molecule has 1 aliphatic carbocycles. The van der Waals surface area contributed by atoms with E-state index in [0.717, 1.165) is 11.1 Å². The molecular formula is C23H22ClN3O4. The van der Waals surface area contributed by atoms with Crippen molar-refractivity contribution >= 4 is 40.4 Å². The van der Waals surface area contributed by atoms with E-state index < -0.39 is 11.0 Å². The van der Waals surface area contributed by atoms with Gasteiger partial charge >= 0.3 is 0 Å². The number of fused-ring (bicyclic) bond motifs is 1. The highest BCUT2D eigenvalue weighted by molar-refractivity contribution is 6.30. The van der Waals surface area contributed by atoms with Crippen LogP contribution in [0.25, 0.3) is 0 Å². The third-order valence-corrected chi connectivity index (χ3v) is 5.98. The van der Waals surface area contributed by atoms with Crippen LogP contribution >= 0.6 is 11.6 Å². The summed E-state index contributed by atoms with van der Waals surface area (Å²) in [7, 11) is 0. The number of Topliss-reactive ketones (excluding diaryl/α,β-unsaturated/α-hetero) is 1. The topological polar surface area (TPSA) is 92.5 Å². The van der Waals surface area contributed by atoms with E-state index in [4.69, 9.17) is 11.6 Å². The summed E-state index contributed by atoms with van der Waals surface area (Å²) >= 11 is 5.98. The molecule has 0 saturated carbocycles. The molecular weight excluding hydrogens is 418 g/mol. The molecule has 0 spiro atoms. The quantitative estimate of drug-likeness (QED) is 0.417. The highest BCUT2D eigenvalue weighted by Crippen LogP contribution is 2.46. The van der Waals surface area contributed by atoms with Gasteiger partial charge in [0.1, 0.15) is 5.88 Å². The predicted molar refractivity (Wildman–Crippen MR) is 119 cm³/mol. The smallest absolute Gasteiger partial charge is 0.271 e. The number of nitrogens with zero attached hydrogens (tertiary/aromatic N) is 2. The second kappa shape index (κ2) is 8.15. The number of carbonyl (C=O) groups excluding carboxylic acids is 2. The number of nitro groups is 1. The van der Waals surface area contributed by atoms with Gasteiger partial charge < -0.3 is 5.32 Å². The van der Waals surface area contributed by atoms with Gasteiger partial charge in [0, 0.05) is 29.8 Å². The Labute approximate surface area is 184 Å². The van der Waals surface area contributed by atoms with Crippen LogP contribution in [-0.4, -0.2) is 22.5 Å². The molecule has 2 aliphatic rings. The molecule has 2 atom stereocenters. The number of nitro benzene ring substituents is 1. The number of halogens is 1. The molecule has 0 bridgehead atoms. The first-order valence-corrected chi connectivity index (χ1v) is 10.6. The van der Waals surface area contributed by atoms with E-state index in [0.29, 0.717) is 35.5 Å². The maximum Gasteiger partial charge on any atom is 0.271 e. The lowest BCUT2D eigenvalue weighted by Gasteiger charge is -2.34. The number of anilines is 2. The second-order valence-corrected chi connectivity index (χ2v) is 8.39. The third-order valence-electron chi connectivity index (χ3n) is 5.76. The number of alkyl halides is 1. The predicted octanol–water partition coefficient (Wildman–Crippen LogP) is 4.89.